The summed E-state index contributed by atoms with van der Waals surface area (Å²) < 4.78 is 5.06. The van der Waals surface area contributed by atoms with E-state index >= 15 is 0 Å². The molecular weight excluding hydrogens is 184 g/mol. The normalized spacial score (nSPS) is 14.8. The van der Waals surface area contributed by atoms with Gasteiger partial charge in [0, 0.05) is 19.4 Å². The van der Waals surface area contributed by atoms with Crippen LogP contribution in [-0.4, -0.2) is 30.1 Å². The van der Waals surface area contributed by atoms with Crippen molar-refractivity contribution < 1.29 is 19.4 Å². The molecule has 0 saturated heterocycles. The van der Waals surface area contributed by atoms with Gasteiger partial charge in [0.2, 0.25) is 0 Å². The maximum atomic E-state index is 11.2. The lowest BCUT2D eigenvalue weighted by molar-refractivity contribution is -0.137. The molecule has 0 aromatic rings. The van der Waals surface area contributed by atoms with Crippen LogP contribution in [0, 0.1) is 5.92 Å². The Balaban J connectivity index is 3.98. The van der Waals surface area contributed by atoms with E-state index in [1.165, 1.54) is 6.92 Å². The number of hydrogen-bond donors (Lipinski definition) is 1. The van der Waals surface area contributed by atoms with Gasteiger partial charge >= 0.3 is 5.97 Å². The van der Waals surface area contributed by atoms with Gasteiger partial charge in [-0.2, -0.15) is 0 Å². The molecule has 14 heavy (non-hydrogen) atoms. The van der Waals surface area contributed by atoms with Gasteiger partial charge in [-0.25, -0.2) is 0 Å². The van der Waals surface area contributed by atoms with Crippen LogP contribution in [0.15, 0.2) is 0 Å². The molecule has 0 aliphatic rings. The highest BCUT2D eigenvalue weighted by Gasteiger charge is 2.21. The maximum Gasteiger partial charge on any atom is 0.303 e. The molecule has 0 rings (SSSR count). The lowest BCUT2D eigenvalue weighted by atomic mass is 9.93. The second kappa shape index (κ2) is 6.54. The van der Waals surface area contributed by atoms with Gasteiger partial charge in [-0.3, -0.25) is 9.59 Å². The third kappa shape index (κ3) is 4.97. The van der Waals surface area contributed by atoms with Gasteiger partial charge in [0.25, 0.3) is 0 Å². The average Bonchev–Trinajstić information content (AvgIpc) is 2.10. The van der Waals surface area contributed by atoms with E-state index in [2.05, 4.69) is 0 Å². The summed E-state index contributed by atoms with van der Waals surface area (Å²) in [5.74, 6) is -0.943. The second-order valence-corrected chi connectivity index (χ2v) is 3.44. The molecule has 0 aliphatic carbocycles. The summed E-state index contributed by atoms with van der Waals surface area (Å²) in [5, 5.41) is 8.44. The van der Waals surface area contributed by atoms with E-state index < -0.39 is 5.97 Å². The molecule has 0 amide bonds. The first-order valence-corrected chi connectivity index (χ1v) is 4.74. The number of ketones is 1. The van der Waals surface area contributed by atoms with Crippen LogP contribution in [0.25, 0.3) is 0 Å². The van der Waals surface area contributed by atoms with Crippen molar-refractivity contribution in [3.05, 3.63) is 0 Å². The van der Waals surface area contributed by atoms with Gasteiger partial charge in [-0.1, -0.05) is 0 Å². The van der Waals surface area contributed by atoms with Crippen molar-refractivity contribution in [1.82, 2.24) is 0 Å². The second-order valence-electron chi connectivity index (χ2n) is 3.44. The Morgan fingerprint density at radius 2 is 2.00 bits per heavy atom. The quantitative estimate of drug-likeness (QED) is 0.679. The first-order valence-electron chi connectivity index (χ1n) is 4.74. The van der Waals surface area contributed by atoms with Crippen molar-refractivity contribution in [2.75, 3.05) is 7.11 Å². The Hall–Kier alpha value is -0.900. The fourth-order valence-corrected chi connectivity index (χ4v) is 1.41. The van der Waals surface area contributed by atoms with Gasteiger partial charge in [0.05, 0.1) is 6.10 Å². The van der Waals surface area contributed by atoms with Crippen molar-refractivity contribution >= 4 is 11.8 Å². The minimum Gasteiger partial charge on any atom is -0.481 e. The highest BCUT2D eigenvalue weighted by molar-refractivity contribution is 5.78. The molecule has 0 aromatic carbocycles. The minimum atomic E-state index is -0.822. The van der Waals surface area contributed by atoms with Crippen LogP contribution in [0.1, 0.15) is 33.1 Å². The van der Waals surface area contributed by atoms with Crippen LogP contribution in [-0.2, 0) is 14.3 Å². The van der Waals surface area contributed by atoms with E-state index in [1.807, 2.05) is 6.92 Å². The minimum absolute atomic E-state index is 0.0599. The largest absolute Gasteiger partial charge is 0.481 e. The molecule has 0 radical (unpaired) electrons. The predicted octanol–water partition coefficient (Wildman–Crippen LogP) is 1.48. The zero-order chi connectivity index (χ0) is 11.1. The van der Waals surface area contributed by atoms with Gasteiger partial charge < -0.3 is 9.84 Å². The Bertz CT molecular complexity index is 200. The summed E-state index contributed by atoms with van der Waals surface area (Å²) in [6.45, 7) is 3.34. The Labute approximate surface area is 84.3 Å². The molecule has 0 aliphatic heterocycles. The lowest BCUT2D eigenvalue weighted by Crippen LogP contribution is -2.25. The van der Waals surface area contributed by atoms with Crippen LogP contribution in [0.3, 0.4) is 0 Å². The Morgan fingerprint density at radius 3 is 2.36 bits per heavy atom. The van der Waals surface area contributed by atoms with Crippen molar-refractivity contribution in [3.63, 3.8) is 0 Å². The number of carboxylic acids is 1. The maximum absolute atomic E-state index is 11.2. The zero-order valence-electron chi connectivity index (χ0n) is 8.95. The van der Waals surface area contributed by atoms with Crippen LogP contribution < -0.4 is 0 Å². The molecule has 82 valence electrons. The van der Waals surface area contributed by atoms with Crippen molar-refractivity contribution in [2.24, 2.45) is 5.92 Å². The summed E-state index contributed by atoms with van der Waals surface area (Å²) in [7, 11) is 1.55. The summed E-state index contributed by atoms with van der Waals surface area (Å²) >= 11 is 0. The van der Waals surface area contributed by atoms with Gasteiger partial charge in [-0.05, 0) is 26.7 Å². The monoisotopic (exact) mass is 202 g/mol. The van der Waals surface area contributed by atoms with E-state index in [0.717, 1.165) is 0 Å². The number of ether oxygens (including phenoxy) is 1. The molecule has 0 fully saturated rings. The van der Waals surface area contributed by atoms with E-state index in [9.17, 15) is 9.59 Å². The molecule has 1 N–H and O–H groups in total. The number of rotatable bonds is 7. The van der Waals surface area contributed by atoms with E-state index in [4.69, 9.17) is 9.84 Å². The molecule has 0 spiro atoms. The molecule has 2 unspecified atom stereocenters. The number of aliphatic carboxylic acids is 1. The average molecular weight is 202 g/mol. The summed E-state index contributed by atoms with van der Waals surface area (Å²) in [6.07, 6.45) is 1.07. The molecule has 4 nitrogen and oxygen atoms in total. The zero-order valence-corrected chi connectivity index (χ0v) is 8.95. The molecule has 0 heterocycles. The van der Waals surface area contributed by atoms with Crippen LogP contribution in [0.2, 0.25) is 0 Å². The predicted molar refractivity (Wildman–Crippen MR) is 52.1 cm³/mol. The highest BCUT2D eigenvalue weighted by atomic mass is 16.5. The van der Waals surface area contributed by atoms with Crippen molar-refractivity contribution in [3.8, 4) is 0 Å². The van der Waals surface area contributed by atoms with Gasteiger partial charge in [0.1, 0.15) is 5.78 Å². The van der Waals surface area contributed by atoms with E-state index in [1.54, 1.807) is 7.11 Å². The Kier molecular flexibility index (Phi) is 6.12. The summed E-state index contributed by atoms with van der Waals surface area (Å²) in [6, 6.07) is 0. The Morgan fingerprint density at radius 1 is 1.43 bits per heavy atom. The SMILES string of the molecule is COC(C)C(CCCC(=O)O)C(C)=O. The molecule has 0 aromatic heterocycles. The van der Waals surface area contributed by atoms with Crippen LogP contribution in [0.5, 0.6) is 0 Å². The first-order chi connectivity index (χ1) is 6.49. The van der Waals surface area contributed by atoms with Crippen molar-refractivity contribution in [1.29, 1.82) is 0 Å². The topological polar surface area (TPSA) is 63.6 Å². The van der Waals surface area contributed by atoms with Gasteiger partial charge in [0.15, 0.2) is 0 Å². The standard InChI is InChI=1S/C10H18O4/c1-7(11)9(8(2)14-3)5-4-6-10(12)13/h8-9H,4-6H2,1-3H3,(H,12,13). The van der Waals surface area contributed by atoms with Gasteiger partial charge in [-0.15, -0.1) is 0 Å². The fourth-order valence-electron chi connectivity index (χ4n) is 1.41. The molecule has 4 heteroatoms. The fraction of sp³-hybridized carbons (Fsp3) is 0.800. The number of carbonyl (C=O) groups is 2. The number of hydrogen-bond acceptors (Lipinski definition) is 3. The van der Waals surface area contributed by atoms with E-state index in [0.29, 0.717) is 12.8 Å². The summed E-state index contributed by atoms with van der Waals surface area (Å²) in [4.78, 5) is 21.5. The number of carbonyl (C=O) groups excluding carboxylic acids is 1. The molecular formula is C10H18O4. The number of carboxylic acid groups (broad SMARTS) is 1. The third-order valence-electron chi connectivity index (χ3n) is 2.37. The molecule has 0 bridgehead atoms. The number of methoxy groups -OCH3 is 1. The highest BCUT2D eigenvalue weighted by Crippen LogP contribution is 2.16. The van der Waals surface area contributed by atoms with E-state index in [-0.39, 0.29) is 24.2 Å². The summed E-state index contributed by atoms with van der Waals surface area (Å²) in [5.41, 5.74) is 0. The first kappa shape index (κ1) is 13.1. The lowest BCUT2D eigenvalue weighted by Gasteiger charge is -2.19. The van der Waals surface area contributed by atoms with Crippen LogP contribution in [0.4, 0.5) is 0 Å². The van der Waals surface area contributed by atoms with Crippen LogP contribution >= 0.6 is 0 Å². The van der Waals surface area contributed by atoms with Crippen molar-refractivity contribution in [2.45, 2.75) is 39.2 Å². The number of Topliss-reactive ketones (excluding diaryl/α,β-unsaturated/α-hetero) is 1. The third-order valence-corrected chi connectivity index (χ3v) is 2.37. The smallest absolute Gasteiger partial charge is 0.303 e. The molecule has 0 saturated carbocycles. The molecule has 2 atom stereocenters.